The fourth-order valence-corrected chi connectivity index (χ4v) is 3.54. The van der Waals surface area contributed by atoms with Crippen molar-refractivity contribution in [2.24, 2.45) is 5.41 Å². The van der Waals surface area contributed by atoms with E-state index in [1.165, 1.54) is 32.4 Å². The van der Waals surface area contributed by atoms with Crippen LogP contribution in [0.25, 0.3) is 0 Å². The first-order valence-corrected chi connectivity index (χ1v) is 7.61. The van der Waals surface area contributed by atoms with Crippen molar-refractivity contribution in [1.82, 2.24) is 10.2 Å². The molecule has 1 aliphatic rings. The highest BCUT2D eigenvalue weighted by Crippen LogP contribution is 2.32. The zero-order chi connectivity index (χ0) is 14.0. The molecule has 1 atom stereocenters. The number of hydrogen-bond donors (Lipinski definition) is 1. The van der Waals surface area contributed by atoms with Crippen LogP contribution in [0, 0.1) is 5.41 Å². The Balaban J connectivity index is 2.59. The monoisotopic (exact) mass is 254 g/mol. The molecule has 0 amide bonds. The second kappa shape index (κ2) is 5.92. The zero-order valence-electron chi connectivity index (χ0n) is 13.6. The average molecular weight is 254 g/mol. The third-order valence-electron chi connectivity index (χ3n) is 3.81. The standard InChI is InChI=1S/C16H34N2/c1-13(2)17-14-9-8-10-18(11-14)16(6,7)12-15(3,4)5/h13-14,17H,8-12H2,1-7H3. The summed E-state index contributed by atoms with van der Waals surface area (Å²) < 4.78 is 0. The Morgan fingerprint density at radius 1 is 1.17 bits per heavy atom. The lowest BCUT2D eigenvalue weighted by Gasteiger charge is -2.46. The van der Waals surface area contributed by atoms with Gasteiger partial charge in [-0.1, -0.05) is 34.6 Å². The summed E-state index contributed by atoms with van der Waals surface area (Å²) in [6.07, 6.45) is 3.92. The van der Waals surface area contributed by atoms with Crippen LogP contribution in [-0.4, -0.2) is 35.6 Å². The normalized spacial score (nSPS) is 23.7. The lowest BCUT2D eigenvalue weighted by molar-refractivity contribution is 0.0451. The SMILES string of the molecule is CC(C)NC1CCCN(C(C)(C)CC(C)(C)C)C1. The third kappa shape index (κ3) is 5.27. The van der Waals surface area contributed by atoms with Crippen molar-refractivity contribution in [3.05, 3.63) is 0 Å². The second-order valence-corrected chi connectivity index (χ2v) is 8.16. The van der Waals surface area contributed by atoms with Gasteiger partial charge in [0.2, 0.25) is 0 Å². The van der Waals surface area contributed by atoms with Crippen LogP contribution in [0.3, 0.4) is 0 Å². The first-order valence-electron chi connectivity index (χ1n) is 7.61. The van der Waals surface area contributed by atoms with Gasteiger partial charge in [-0.3, -0.25) is 4.90 Å². The van der Waals surface area contributed by atoms with Gasteiger partial charge in [0, 0.05) is 24.2 Å². The molecule has 0 aromatic carbocycles. The van der Waals surface area contributed by atoms with Crippen LogP contribution in [0.15, 0.2) is 0 Å². The van der Waals surface area contributed by atoms with Crippen molar-refractivity contribution in [3.8, 4) is 0 Å². The number of rotatable bonds is 4. The quantitative estimate of drug-likeness (QED) is 0.823. The molecule has 1 unspecified atom stereocenters. The van der Waals surface area contributed by atoms with Crippen LogP contribution in [0.1, 0.15) is 67.7 Å². The molecular formula is C16H34N2. The van der Waals surface area contributed by atoms with Crippen LogP contribution < -0.4 is 5.32 Å². The van der Waals surface area contributed by atoms with E-state index in [4.69, 9.17) is 0 Å². The molecule has 0 aromatic rings. The van der Waals surface area contributed by atoms with Crippen LogP contribution in [0.2, 0.25) is 0 Å². The number of nitrogens with zero attached hydrogens (tertiary/aromatic N) is 1. The van der Waals surface area contributed by atoms with E-state index in [9.17, 15) is 0 Å². The summed E-state index contributed by atoms with van der Waals surface area (Å²) in [4.78, 5) is 2.70. The van der Waals surface area contributed by atoms with Crippen LogP contribution >= 0.6 is 0 Å². The van der Waals surface area contributed by atoms with E-state index < -0.39 is 0 Å². The van der Waals surface area contributed by atoms with Gasteiger partial charge in [0.1, 0.15) is 0 Å². The van der Waals surface area contributed by atoms with E-state index >= 15 is 0 Å². The van der Waals surface area contributed by atoms with Gasteiger partial charge in [-0.15, -0.1) is 0 Å². The Morgan fingerprint density at radius 2 is 1.78 bits per heavy atom. The lowest BCUT2D eigenvalue weighted by atomic mass is 9.80. The number of piperidine rings is 1. The molecule has 2 heteroatoms. The van der Waals surface area contributed by atoms with Crippen molar-refractivity contribution >= 4 is 0 Å². The van der Waals surface area contributed by atoms with Gasteiger partial charge >= 0.3 is 0 Å². The van der Waals surface area contributed by atoms with Gasteiger partial charge in [-0.05, 0) is 45.1 Å². The molecule has 0 saturated carbocycles. The molecule has 108 valence electrons. The van der Waals surface area contributed by atoms with Gasteiger partial charge < -0.3 is 5.32 Å². The maximum atomic E-state index is 3.70. The predicted molar refractivity (Wildman–Crippen MR) is 81.0 cm³/mol. The smallest absolute Gasteiger partial charge is 0.0198 e. The molecular weight excluding hydrogens is 220 g/mol. The van der Waals surface area contributed by atoms with Crippen molar-refractivity contribution in [3.63, 3.8) is 0 Å². The molecule has 0 radical (unpaired) electrons. The van der Waals surface area contributed by atoms with E-state index in [1.807, 2.05) is 0 Å². The van der Waals surface area contributed by atoms with Crippen molar-refractivity contribution in [1.29, 1.82) is 0 Å². The predicted octanol–water partition coefficient (Wildman–Crippen LogP) is 3.66. The van der Waals surface area contributed by atoms with Gasteiger partial charge in [0.15, 0.2) is 0 Å². The minimum absolute atomic E-state index is 0.315. The van der Waals surface area contributed by atoms with E-state index in [0.29, 0.717) is 23.0 Å². The van der Waals surface area contributed by atoms with Crippen molar-refractivity contribution in [2.45, 2.75) is 85.4 Å². The molecule has 1 saturated heterocycles. The number of likely N-dealkylation sites (tertiary alicyclic amines) is 1. The first-order chi connectivity index (χ1) is 8.10. The fraction of sp³-hybridized carbons (Fsp3) is 1.00. The Hall–Kier alpha value is -0.0800. The summed E-state index contributed by atoms with van der Waals surface area (Å²) in [7, 11) is 0. The molecule has 18 heavy (non-hydrogen) atoms. The zero-order valence-corrected chi connectivity index (χ0v) is 13.6. The summed E-state index contributed by atoms with van der Waals surface area (Å²) in [6, 6.07) is 1.28. The van der Waals surface area contributed by atoms with Gasteiger partial charge in [-0.25, -0.2) is 0 Å². The van der Waals surface area contributed by atoms with Crippen molar-refractivity contribution in [2.75, 3.05) is 13.1 Å². The Labute approximate surface area is 115 Å². The molecule has 0 bridgehead atoms. The lowest BCUT2D eigenvalue weighted by Crippen LogP contribution is -2.55. The molecule has 2 nitrogen and oxygen atoms in total. The van der Waals surface area contributed by atoms with Crippen LogP contribution in [-0.2, 0) is 0 Å². The van der Waals surface area contributed by atoms with Crippen molar-refractivity contribution < 1.29 is 0 Å². The average Bonchev–Trinajstić information content (AvgIpc) is 2.13. The number of hydrogen-bond acceptors (Lipinski definition) is 2. The molecule has 1 rings (SSSR count). The van der Waals surface area contributed by atoms with E-state index in [2.05, 4.69) is 58.7 Å². The minimum atomic E-state index is 0.315. The highest BCUT2D eigenvalue weighted by Gasteiger charge is 2.34. The van der Waals surface area contributed by atoms with Crippen LogP contribution in [0.5, 0.6) is 0 Å². The van der Waals surface area contributed by atoms with Gasteiger partial charge in [-0.2, -0.15) is 0 Å². The summed E-state index contributed by atoms with van der Waals surface area (Å²) in [5, 5.41) is 3.70. The molecule has 0 aliphatic carbocycles. The Kier molecular flexibility index (Phi) is 5.25. The van der Waals surface area contributed by atoms with E-state index in [0.717, 1.165) is 0 Å². The molecule has 1 fully saturated rings. The summed E-state index contributed by atoms with van der Waals surface area (Å²) in [5.74, 6) is 0. The maximum Gasteiger partial charge on any atom is 0.0198 e. The summed E-state index contributed by atoms with van der Waals surface area (Å²) in [6.45, 7) is 18.8. The maximum absolute atomic E-state index is 3.70. The second-order valence-electron chi connectivity index (χ2n) is 8.16. The molecule has 1 aliphatic heterocycles. The fourth-order valence-electron chi connectivity index (χ4n) is 3.54. The minimum Gasteiger partial charge on any atom is -0.311 e. The third-order valence-corrected chi connectivity index (χ3v) is 3.81. The van der Waals surface area contributed by atoms with E-state index in [1.54, 1.807) is 0 Å². The molecule has 1 N–H and O–H groups in total. The number of nitrogens with one attached hydrogen (secondary N) is 1. The largest absolute Gasteiger partial charge is 0.311 e. The molecule has 0 aromatic heterocycles. The van der Waals surface area contributed by atoms with Gasteiger partial charge in [0.05, 0.1) is 0 Å². The highest BCUT2D eigenvalue weighted by atomic mass is 15.2. The summed E-state index contributed by atoms with van der Waals surface area (Å²) in [5.41, 5.74) is 0.720. The Morgan fingerprint density at radius 3 is 2.28 bits per heavy atom. The topological polar surface area (TPSA) is 15.3 Å². The summed E-state index contributed by atoms with van der Waals surface area (Å²) >= 11 is 0. The molecule has 0 spiro atoms. The van der Waals surface area contributed by atoms with E-state index in [-0.39, 0.29) is 0 Å². The Bertz CT molecular complexity index is 250. The first kappa shape index (κ1) is 16.0. The van der Waals surface area contributed by atoms with Crippen LogP contribution in [0.4, 0.5) is 0 Å². The highest BCUT2D eigenvalue weighted by molar-refractivity contribution is 4.91. The van der Waals surface area contributed by atoms with Gasteiger partial charge in [0.25, 0.3) is 0 Å². The molecule has 1 heterocycles.